The number of ether oxygens (including phenoxy) is 1. The normalized spacial score (nSPS) is 39.3. The molecule has 3 atom stereocenters. The number of rotatable bonds is 3. The van der Waals surface area contributed by atoms with Gasteiger partial charge in [0.2, 0.25) is 0 Å². The van der Waals surface area contributed by atoms with Crippen LogP contribution in [0, 0.1) is 5.41 Å². The molecule has 2 bridgehead atoms. The number of nitrogens with zero attached hydrogens (tertiary/aromatic N) is 1. The summed E-state index contributed by atoms with van der Waals surface area (Å²) in [5.41, 5.74) is 6.13. The molecule has 3 rings (SSSR count). The average molecular weight is 365 g/mol. The molecular weight excluding hydrogens is 341 g/mol. The minimum atomic E-state index is 0. The molecule has 0 aromatic heterocycles. The summed E-state index contributed by atoms with van der Waals surface area (Å²) in [6, 6.07) is 0.572. The Kier molecular flexibility index (Phi) is 4.41. The van der Waals surface area contributed by atoms with Crippen LogP contribution in [0.25, 0.3) is 0 Å². The predicted octanol–water partition coefficient (Wildman–Crippen LogP) is 2.02. The van der Waals surface area contributed by atoms with Gasteiger partial charge in [0.15, 0.2) is 5.96 Å². The van der Waals surface area contributed by atoms with Gasteiger partial charge < -0.3 is 15.8 Å². The lowest BCUT2D eigenvalue weighted by molar-refractivity contribution is 0.0706. The maximum atomic E-state index is 5.92. The van der Waals surface area contributed by atoms with Crippen molar-refractivity contribution >= 4 is 29.9 Å². The molecule has 1 aliphatic carbocycles. The quantitative estimate of drug-likeness (QED) is 0.457. The summed E-state index contributed by atoms with van der Waals surface area (Å²) in [7, 11) is 0. The molecule has 0 aromatic rings. The van der Waals surface area contributed by atoms with E-state index in [0.29, 0.717) is 24.2 Å². The van der Waals surface area contributed by atoms with Gasteiger partial charge in [-0.15, -0.1) is 24.0 Å². The van der Waals surface area contributed by atoms with Crippen molar-refractivity contribution < 1.29 is 4.74 Å². The van der Waals surface area contributed by atoms with Crippen LogP contribution in [0.5, 0.6) is 0 Å². The van der Waals surface area contributed by atoms with E-state index in [2.05, 4.69) is 17.2 Å². The van der Waals surface area contributed by atoms with Gasteiger partial charge in [0, 0.05) is 11.5 Å². The van der Waals surface area contributed by atoms with Crippen LogP contribution in [0.3, 0.4) is 0 Å². The summed E-state index contributed by atoms with van der Waals surface area (Å²) in [4.78, 5) is 4.52. The van der Waals surface area contributed by atoms with Gasteiger partial charge in [0.1, 0.15) is 0 Å². The number of nitrogens with two attached hydrogens (primary N) is 1. The molecule has 5 heteroatoms. The maximum Gasteiger partial charge on any atom is 0.188 e. The molecule has 18 heavy (non-hydrogen) atoms. The molecule has 3 fully saturated rings. The third-order valence-electron chi connectivity index (χ3n) is 4.65. The number of hydrogen-bond donors (Lipinski definition) is 2. The molecule has 4 nitrogen and oxygen atoms in total. The molecule has 104 valence electrons. The standard InChI is InChI=1S/C13H23N3O.HI/c1-13(7-10-5-6-11(13)17-10)8-15-12(14)16-9-3-2-4-9;/h9-11H,2-8H2,1H3,(H3,14,15,16);1H. The highest BCUT2D eigenvalue weighted by atomic mass is 127. The summed E-state index contributed by atoms with van der Waals surface area (Å²) in [6.07, 6.45) is 8.28. The van der Waals surface area contributed by atoms with Crippen LogP contribution in [0.2, 0.25) is 0 Å². The first-order valence-corrected chi connectivity index (χ1v) is 6.88. The van der Waals surface area contributed by atoms with Crippen molar-refractivity contribution in [3.05, 3.63) is 0 Å². The molecule has 0 aromatic carbocycles. The fraction of sp³-hybridized carbons (Fsp3) is 0.923. The number of nitrogens with one attached hydrogen (secondary N) is 1. The van der Waals surface area contributed by atoms with E-state index < -0.39 is 0 Å². The summed E-state index contributed by atoms with van der Waals surface area (Å²) in [6.45, 7) is 3.09. The van der Waals surface area contributed by atoms with Gasteiger partial charge in [0.05, 0.1) is 18.8 Å². The lowest BCUT2D eigenvalue weighted by atomic mass is 9.76. The lowest BCUT2D eigenvalue weighted by Crippen LogP contribution is -2.44. The van der Waals surface area contributed by atoms with E-state index >= 15 is 0 Å². The molecule has 0 amide bonds. The molecule has 0 spiro atoms. The molecule has 3 unspecified atom stereocenters. The second-order valence-corrected chi connectivity index (χ2v) is 6.16. The molecule has 2 saturated heterocycles. The molecule has 2 heterocycles. The van der Waals surface area contributed by atoms with Crippen molar-refractivity contribution in [1.29, 1.82) is 0 Å². The Balaban J connectivity index is 0.00000120. The minimum Gasteiger partial charge on any atom is -0.374 e. The average Bonchev–Trinajstić information content (AvgIpc) is 2.80. The lowest BCUT2D eigenvalue weighted by Gasteiger charge is -2.30. The SMILES string of the molecule is CC1(CN=C(N)NC2CCC2)CC2CCC1O2.I. The molecule has 3 N–H and O–H groups in total. The molecule has 2 aliphatic heterocycles. The van der Waals surface area contributed by atoms with E-state index in [9.17, 15) is 0 Å². The van der Waals surface area contributed by atoms with Crippen molar-refractivity contribution in [2.75, 3.05) is 6.54 Å². The first-order chi connectivity index (χ1) is 8.16. The minimum absolute atomic E-state index is 0. The Labute approximate surface area is 126 Å². The Morgan fingerprint density at radius 2 is 2.17 bits per heavy atom. The number of halogens is 1. The van der Waals surface area contributed by atoms with Crippen LogP contribution < -0.4 is 11.1 Å². The van der Waals surface area contributed by atoms with Crippen LogP contribution in [-0.4, -0.2) is 30.8 Å². The van der Waals surface area contributed by atoms with Gasteiger partial charge in [-0.05, 0) is 38.5 Å². The highest BCUT2D eigenvalue weighted by molar-refractivity contribution is 14.0. The van der Waals surface area contributed by atoms with Gasteiger partial charge in [-0.3, -0.25) is 4.99 Å². The monoisotopic (exact) mass is 365 g/mol. The van der Waals surface area contributed by atoms with Gasteiger partial charge in [-0.25, -0.2) is 0 Å². The molecule has 3 aliphatic rings. The third kappa shape index (κ3) is 2.76. The van der Waals surface area contributed by atoms with Crippen LogP contribution in [0.1, 0.15) is 45.4 Å². The Bertz CT molecular complexity index is 332. The first-order valence-electron chi connectivity index (χ1n) is 6.88. The van der Waals surface area contributed by atoms with Gasteiger partial charge in [-0.2, -0.15) is 0 Å². The fourth-order valence-electron chi connectivity index (χ4n) is 3.26. The second kappa shape index (κ2) is 5.53. The largest absolute Gasteiger partial charge is 0.374 e. The molecule has 0 radical (unpaired) electrons. The Morgan fingerprint density at radius 1 is 1.39 bits per heavy atom. The van der Waals surface area contributed by atoms with Gasteiger partial charge >= 0.3 is 0 Å². The number of hydrogen-bond acceptors (Lipinski definition) is 2. The Hall–Kier alpha value is -0.0400. The smallest absolute Gasteiger partial charge is 0.188 e. The fourth-order valence-corrected chi connectivity index (χ4v) is 3.26. The highest BCUT2D eigenvalue weighted by Crippen LogP contribution is 2.47. The predicted molar refractivity (Wildman–Crippen MR) is 83.3 cm³/mol. The van der Waals surface area contributed by atoms with Gasteiger partial charge in [-0.1, -0.05) is 6.92 Å². The van der Waals surface area contributed by atoms with E-state index in [-0.39, 0.29) is 29.4 Å². The van der Waals surface area contributed by atoms with Crippen molar-refractivity contribution in [1.82, 2.24) is 5.32 Å². The van der Waals surface area contributed by atoms with Crippen LogP contribution in [-0.2, 0) is 4.74 Å². The van der Waals surface area contributed by atoms with Gasteiger partial charge in [0.25, 0.3) is 0 Å². The van der Waals surface area contributed by atoms with E-state index in [1.54, 1.807) is 0 Å². The van der Waals surface area contributed by atoms with Crippen LogP contribution in [0.4, 0.5) is 0 Å². The Morgan fingerprint density at radius 3 is 2.67 bits per heavy atom. The van der Waals surface area contributed by atoms with Crippen molar-refractivity contribution in [2.45, 2.75) is 63.7 Å². The zero-order valence-corrected chi connectivity index (χ0v) is 13.4. The zero-order valence-electron chi connectivity index (χ0n) is 11.0. The number of aliphatic imine (C=N–C) groups is 1. The van der Waals surface area contributed by atoms with E-state index in [4.69, 9.17) is 10.5 Å². The summed E-state index contributed by atoms with van der Waals surface area (Å²) >= 11 is 0. The number of fused-ring (bicyclic) bond motifs is 2. The first kappa shape index (κ1) is 14.4. The summed E-state index contributed by atoms with van der Waals surface area (Å²) < 4.78 is 5.90. The van der Waals surface area contributed by atoms with Crippen LogP contribution in [0.15, 0.2) is 4.99 Å². The van der Waals surface area contributed by atoms with E-state index in [1.807, 2.05) is 0 Å². The second-order valence-electron chi connectivity index (χ2n) is 6.16. The topological polar surface area (TPSA) is 59.6 Å². The molecular formula is C13H24IN3O. The van der Waals surface area contributed by atoms with Crippen LogP contribution >= 0.6 is 24.0 Å². The highest BCUT2D eigenvalue weighted by Gasteiger charge is 2.49. The van der Waals surface area contributed by atoms with E-state index in [0.717, 1.165) is 13.0 Å². The van der Waals surface area contributed by atoms with Crippen molar-refractivity contribution in [2.24, 2.45) is 16.1 Å². The zero-order chi connectivity index (χ0) is 11.9. The number of guanidine groups is 1. The summed E-state index contributed by atoms with van der Waals surface area (Å²) in [5.74, 6) is 0.624. The van der Waals surface area contributed by atoms with Crippen molar-refractivity contribution in [3.63, 3.8) is 0 Å². The maximum absolute atomic E-state index is 5.92. The van der Waals surface area contributed by atoms with Crippen molar-refractivity contribution in [3.8, 4) is 0 Å². The van der Waals surface area contributed by atoms with E-state index in [1.165, 1.54) is 32.1 Å². The third-order valence-corrected chi connectivity index (χ3v) is 4.65. The summed E-state index contributed by atoms with van der Waals surface area (Å²) in [5, 5.41) is 3.29. The molecule has 1 saturated carbocycles.